The summed E-state index contributed by atoms with van der Waals surface area (Å²) < 4.78 is 43.9. The van der Waals surface area contributed by atoms with E-state index in [-0.39, 0.29) is 11.5 Å². The second-order valence-electron chi connectivity index (χ2n) is 3.31. The quantitative estimate of drug-likeness (QED) is 0.825. The van der Waals surface area contributed by atoms with Crippen LogP contribution in [0.15, 0.2) is 6.07 Å². The molecule has 0 saturated heterocycles. The van der Waals surface area contributed by atoms with E-state index in [2.05, 4.69) is 9.84 Å². The van der Waals surface area contributed by atoms with E-state index in [0.29, 0.717) is 0 Å². The lowest BCUT2D eigenvalue weighted by Crippen LogP contribution is -2.42. The molecule has 0 radical (unpaired) electrons. The minimum atomic E-state index is -4.53. The summed E-state index contributed by atoms with van der Waals surface area (Å²) >= 11 is 0. The number of hydrogen-bond acceptors (Lipinski definition) is 3. The number of methoxy groups -OCH3 is 1. The van der Waals surface area contributed by atoms with Gasteiger partial charge in [0.15, 0.2) is 0 Å². The molecule has 0 saturated carbocycles. The number of ether oxygens (including phenoxy) is 1. The Morgan fingerprint density at radius 2 is 2.00 bits per heavy atom. The highest BCUT2D eigenvalue weighted by molar-refractivity contribution is 5.33. The Hall–Kier alpha value is -1.24. The van der Waals surface area contributed by atoms with Gasteiger partial charge in [0.1, 0.15) is 5.82 Å². The Labute approximate surface area is 84.8 Å². The van der Waals surface area contributed by atoms with Crippen molar-refractivity contribution in [2.24, 2.45) is 7.05 Å². The van der Waals surface area contributed by atoms with Gasteiger partial charge in [-0.15, -0.1) is 0 Å². The minimum Gasteiger partial charge on any atom is -0.382 e. The highest BCUT2D eigenvalue weighted by Crippen LogP contribution is 2.41. The molecule has 4 nitrogen and oxygen atoms in total. The summed E-state index contributed by atoms with van der Waals surface area (Å²) in [5, 5.41) is 3.65. The van der Waals surface area contributed by atoms with Crippen molar-refractivity contribution < 1.29 is 17.9 Å². The number of nitrogen functional groups attached to an aromatic ring is 1. The molecule has 15 heavy (non-hydrogen) atoms. The van der Waals surface area contributed by atoms with E-state index >= 15 is 0 Å². The predicted octanol–water partition coefficient (Wildman–Crippen LogP) is 1.43. The number of aromatic nitrogens is 2. The summed E-state index contributed by atoms with van der Waals surface area (Å²) in [5.41, 5.74) is 2.79. The standard InChI is InChI=1S/C8H12F3N3O/c1-7(15-3,8(9,10)11)5-4-6(12)13-14(5)2/h4H,1-3H3,(H2,12,13). The average molecular weight is 223 g/mol. The van der Waals surface area contributed by atoms with Crippen molar-refractivity contribution in [1.82, 2.24) is 9.78 Å². The van der Waals surface area contributed by atoms with E-state index in [4.69, 9.17) is 5.73 Å². The molecule has 1 unspecified atom stereocenters. The van der Waals surface area contributed by atoms with Crippen LogP contribution in [0.1, 0.15) is 12.6 Å². The fourth-order valence-electron chi connectivity index (χ4n) is 1.30. The van der Waals surface area contributed by atoms with E-state index in [9.17, 15) is 13.2 Å². The van der Waals surface area contributed by atoms with Gasteiger partial charge in [-0.1, -0.05) is 0 Å². The summed E-state index contributed by atoms with van der Waals surface area (Å²) in [6.45, 7) is 0.934. The van der Waals surface area contributed by atoms with Gasteiger partial charge in [0, 0.05) is 20.2 Å². The summed E-state index contributed by atoms with van der Waals surface area (Å²) in [4.78, 5) is 0. The molecule has 2 N–H and O–H groups in total. The smallest absolute Gasteiger partial charge is 0.382 e. The second-order valence-corrected chi connectivity index (χ2v) is 3.31. The average Bonchev–Trinajstić information content (AvgIpc) is 2.42. The fraction of sp³-hybridized carbons (Fsp3) is 0.625. The third kappa shape index (κ3) is 1.79. The van der Waals surface area contributed by atoms with Gasteiger partial charge in [-0.25, -0.2) is 0 Å². The van der Waals surface area contributed by atoms with E-state index in [1.807, 2.05) is 0 Å². The summed E-state index contributed by atoms with van der Waals surface area (Å²) in [6, 6.07) is 1.15. The Bertz CT molecular complexity index is 361. The summed E-state index contributed by atoms with van der Waals surface area (Å²) in [7, 11) is 2.38. The molecular weight excluding hydrogens is 211 g/mol. The van der Waals surface area contributed by atoms with Crippen LogP contribution in [-0.4, -0.2) is 23.1 Å². The van der Waals surface area contributed by atoms with Crippen LogP contribution in [0.2, 0.25) is 0 Å². The Kier molecular flexibility index (Phi) is 2.69. The van der Waals surface area contributed by atoms with Crippen LogP contribution in [0.5, 0.6) is 0 Å². The molecule has 0 aromatic carbocycles. The molecular formula is C8H12F3N3O. The van der Waals surface area contributed by atoms with Crippen LogP contribution in [0.4, 0.5) is 19.0 Å². The van der Waals surface area contributed by atoms with Gasteiger partial charge in [0.05, 0.1) is 5.69 Å². The lowest BCUT2D eigenvalue weighted by Gasteiger charge is -2.30. The number of halogens is 3. The summed E-state index contributed by atoms with van der Waals surface area (Å²) in [5.74, 6) is 0.0278. The van der Waals surface area contributed by atoms with Gasteiger partial charge < -0.3 is 10.5 Å². The lowest BCUT2D eigenvalue weighted by molar-refractivity contribution is -0.271. The van der Waals surface area contributed by atoms with Crippen LogP contribution in [-0.2, 0) is 17.4 Å². The molecule has 0 amide bonds. The van der Waals surface area contributed by atoms with Gasteiger partial charge in [-0.3, -0.25) is 4.68 Å². The molecule has 1 heterocycles. The van der Waals surface area contributed by atoms with Gasteiger partial charge in [0.2, 0.25) is 5.60 Å². The molecule has 7 heteroatoms. The molecule has 86 valence electrons. The number of nitrogens with zero attached hydrogens (tertiary/aromatic N) is 2. The first kappa shape index (κ1) is 11.8. The van der Waals surface area contributed by atoms with Crippen molar-refractivity contribution in [3.05, 3.63) is 11.8 Å². The number of anilines is 1. The minimum absolute atomic E-state index is 0.0278. The fourth-order valence-corrected chi connectivity index (χ4v) is 1.30. The van der Waals surface area contributed by atoms with E-state index < -0.39 is 11.8 Å². The molecule has 1 atom stereocenters. The molecule has 0 aliphatic rings. The third-order valence-electron chi connectivity index (χ3n) is 2.34. The highest BCUT2D eigenvalue weighted by atomic mass is 19.4. The summed E-state index contributed by atoms with van der Waals surface area (Å²) in [6.07, 6.45) is -4.53. The number of nitrogens with two attached hydrogens (primary N) is 1. The van der Waals surface area contributed by atoms with Crippen LogP contribution < -0.4 is 5.73 Å². The first-order chi connectivity index (χ1) is 6.72. The van der Waals surface area contributed by atoms with Crippen LogP contribution in [0, 0.1) is 0 Å². The maximum Gasteiger partial charge on any atom is 0.422 e. The molecule has 1 rings (SSSR count). The molecule has 0 aliphatic carbocycles. The monoisotopic (exact) mass is 223 g/mol. The van der Waals surface area contributed by atoms with Gasteiger partial charge >= 0.3 is 6.18 Å². The Balaban J connectivity index is 3.29. The number of hydrogen-bond donors (Lipinski definition) is 1. The largest absolute Gasteiger partial charge is 0.422 e. The van der Waals surface area contributed by atoms with Crippen molar-refractivity contribution in [3.63, 3.8) is 0 Å². The first-order valence-corrected chi connectivity index (χ1v) is 4.14. The number of rotatable bonds is 2. The van der Waals surface area contributed by atoms with Gasteiger partial charge in [-0.05, 0) is 6.92 Å². The van der Waals surface area contributed by atoms with Crippen LogP contribution >= 0.6 is 0 Å². The van der Waals surface area contributed by atoms with E-state index in [0.717, 1.165) is 24.8 Å². The third-order valence-corrected chi connectivity index (χ3v) is 2.34. The molecule has 0 aliphatic heterocycles. The zero-order valence-electron chi connectivity index (χ0n) is 8.59. The van der Waals surface area contributed by atoms with Crippen molar-refractivity contribution >= 4 is 5.82 Å². The highest BCUT2D eigenvalue weighted by Gasteiger charge is 2.54. The van der Waals surface area contributed by atoms with Crippen molar-refractivity contribution in [2.45, 2.75) is 18.7 Å². The molecule has 0 bridgehead atoms. The van der Waals surface area contributed by atoms with E-state index in [1.54, 1.807) is 0 Å². The maximum absolute atomic E-state index is 12.8. The molecule has 1 aromatic heterocycles. The molecule has 0 spiro atoms. The van der Waals surface area contributed by atoms with E-state index in [1.165, 1.54) is 7.05 Å². The maximum atomic E-state index is 12.8. The van der Waals surface area contributed by atoms with Crippen molar-refractivity contribution in [2.75, 3.05) is 12.8 Å². The Morgan fingerprint density at radius 3 is 2.27 bits per heavy atom. The normalized spacial score (nSPS) is 16.4. The van der Waals surface area contributed by atoms with Gasteiger partial charge in [0.25, 0.3) is 0 Å². The predicted molar refractivity (Wildman–Crippen MR) is 48.0 cm³/mol. The lowest BCUT2D eigenvalue weighted by atomic mass is 10.0. The molecule has 1 aromatic rings. The zero-order valence-corrected chi connectivity index (χ0v) is 8.59. The SMILES string of the molecule is COC(C)(c1cc(N)nn1C)C(F)(F)F. The number of alkyl halides is 3. The Morgan fingerprint density at radius 1 is 1.47 bits per heavy atom. The van der Waals surface area contributed by atoms with Crippen LogP contribution in [0.25, 0.3) is 0 Å². The topological polar surface area (TPSA) is 53.1 Å². The van der Waals surface area contributed by atoms with Crippen LogP contribution in [0.3, 0.4) is 0 Å². The number of aryl methyl sites for hydroxylation is 1. The second kappa shape index (κ2) is 3.41. The van der Waals surface area contributed by atoms with Crippen molar-refractivity contribution in [3.8, 4) is 0 Å². The zero-order chi connectivity index (χ0) is 11.9. The molecule has 0 fully saturated rings. The first-order valence-electron chi connectivity index (χ1n) is 4.14. The van der Waals surface area contributed by atoms with Gasteiger partial charge in [-0.2, -0.15) is 18.3 Å². The van der Waals surface area contributed by atoms with Crippen molar-refractivity contribution in [1.29, 1.82) is 0 Å².